The molecule has 4 rings (SSSR count). The van der Waals surface area contributed by atoms with Gasteiger partial charge >= 0.3 is 0 Å². The Bertz CT molecular complexity index is 177. The van der Waals surface area contributed by atoms with Crippen molar-refractivity contribution in [3.8, 4) is 0 Å². The lowest BCUT2D eigenvalue weighted by molar-refractivity contribution is -0.125. The molecule has 4 aliphatic rings. The standard InChI is InChI=1S/C7H9NO/c9-7-6-4-1-3(8-7)2-5(4)6/h3-6H,1-2H2,(H,8,9). The van der Waals surface area contributed by atoms with Crippen LogP contribution >= 0.6 is 0 Å². The summed E-state index contributed by atoms with van der Waals surface area (Å²) >= 11 is 0. The van der Waals surface area contributed by atoms with Gasteiger partial charge in [0.15, 0.2) is 0 Å². The number of fused-ring (bicyclic) bond motifs is 1. The molecule has 2 saturated heterocycles. The number of hydrogen-bond acceptors (Lipinski definition) is 1. The van der Waals surface area contributed by atoms with Crippen molar-refractivity contribution in [1.82, 2.24) is 5.32 Å². The van der Waals surface area contributed by atoms with Crippen LogP contribution in [-0.4, -0.2) is 11.9 Å². The van der Waals surface area contributed by atoms with Crippen molar-refractivity contribution in [2.24, 2.45) is 17.8 Å². The van der Waals surface area contributed by atoms with Crippen LogP contribution < -0.4 is 5.32 Å². The molecule has 2 aliphatic carbocycles. The van der Waals surface area contributed by atoms with Crippen LogP contribution in [0, 0.1) is 17.8 Å². The summed E-state index contributed by atoms with van der Waals surface area (Å²) in [6.07, 6.45) is 2.56. The van der Waals surface area contributed by atoms with Crippen molar-refractivity contribution in [3.05, 3.63) is 0 Å². The van der Waals surface area contributed by atoms with Crippen LogP contribution in [0.15, 0.2) is 0 Å². The monoisotopic (exact) mass is 123 g/mol. The summed E-state index contributed by atoms with van der Waals surface area (Å²) in [6.45, 7) is 0. The number of hydrogen-bond donors (Lipinski definition) is 1. The minimum absolute atomic E-state index is 0.340. The lowest BCUT2D eigenvalue weighted by Crippen LogP contribution is -2.42. The van der Waals surface area contributed by atoms with Crippen molar-refractivity contribution < 1.29 is 4.79 Å². The van der Waals surface area contributed by atoms with Gasteiger partial charge in [0.1, 0.15) is 0 Å². The summed E-state index contributed by atoms with van der Waals surface area (Å²) in [6, 6.07) is 0.567. The van der Waals surface area contributed by atoms with Crippen molar-refractivity contribution in [2.45, 2.75) is 18.9 Å². The number of piperidine rings is 2. The molecule has 48 valence electrons. The minimum atomic E-state index is 0.340. The van der Waals surface area contributed by atoms with Gasteiger partial charge in [-0.3, -0.25) is 4.79 Å². The summed E-state index contributed by atoms with van der Waals surface area (Å²) in [4.78, 5) is 11.0. The van der Waals surface area contributed by atoms with Crippen molar-refractivity contribution >= 4 is 5.91 Å². The van der Waals surface area contributed by atoms with E-state index in [1.165, 1.54) is 12.8 Å². The molecule has 1 N–H and O–H groups in total. The Morgan fingerprint density at radius 3 is 2.33 bits per heavy atom. The highest BCUT2D eigenvalue weighted by atomic mass is 16.2. The molecule has 9 heavy (non-hydrogen) atoms. The van der Waals surface area contributed by atoms with E-state index in [1.807, 2.05) is 0 Å². The van der Waals surface area contributed by atoms with E-state index < -0.39 is 0 Å². The molecule has 2 heterocycles. The van der Waals surface area contributed by atoms with Gasteiger partial charge in [0.2, 0.25) is 5.91 Å². The zero-order valence-corrected chi connectivity index (χ0v) is 5.13. The van der Waals surface area contributed by atoms with E-state index in [0.29, 0.717) is 17.9 Å². The lowest BCUT2D eigenvalue weighted by atomic mass is 10.0. The maximum atomic E-state index is 11.0. The van der Waals surface area contributed by atoms with E-state index in [1.54, 1.807) is 0 Å². The number of carbonyl (C=O) groups excluding carboxylic acids is 1. The van der Waals surface area contributed by atoms with Gasteiger partial charge in [0.05, 0.1) is 0 Å². The lowest BCUT2D eigenvalue weighted by Gasteiger charge is -2.22. The summed E-state index contributed by atoms with van der Waals surface area (Å²) < 4.78 is 0. The zero-order valence-electron chi connectivity index (χ0n) is 5.13. The van der Waals surface area contributed by atoms with Crippen molar-refractivity contribution in [2.75, 3.05) is 0 Å². The van der Waals surface area contributed by atoms with Gasteiger partial charge in [-0.25, -0.2) is 0 Å². The molecule has 0 spiro atoms. The Labute approximate surface area is 53.6 Å². The third-order valence-corrected chi connectivity index (χ3v) is 3.09. The molecule has 2 unspecified atom stereocenters. The number of amides is 1. The Balaban J connectivity index is 2.03. The molecule has 2 nitrogen and oxygen atoms in total. The summed E-state index contributed by atoms with van der Waals surface area (Å²) in [5.41, 5.74) is 0. The SMILES string of the molecule is O=C1NC2CC3C(C2)C13. The predicted octanol–water partition coefficient (Wildman–Crippen LogP) is 0.141. The number of carbonyl (C=O) groups is 1. The third-order valence-electron chi connectivity index (χ3n) is 3.09. The fourth-order valence-electron chi connectivity index (χ4n) is 2.65. The van der Waals surface area contributed by atoms with Gasteiger partial charge in [0, 0.05) is 12.0 Å². The van der Waals surface area contributed by atoms with E-state index in [2.05, 4.69) is 5.32 Å². The second kappa shape index (κ2) is 1.02. The molecule has 2 aliphatic heterocycles. The van der Waals surface area contributed by atoms with Gasteiger partial charge in [-0.1, -0.05) is 0 Å². The minimum Gasteiger partial charge on any atom is -0.353 e. The Morgan fingerprint density at radius 1 is 1.33 bits per heavy atom. The van der Waals surface area contributed by atoms with Crippen LogP contribution in [0.3, 0.4) is 0 Å². The van der Waals surface area contributed by atoms with E-state index in [4.69, 9.17) is 0 Å². The highest BCUT2D eigenvalue weighted by Gasteiger charge is 2.63. The molecule has 0 aromatic heterocycles. The van der Waals surface area contributed by atoms with Gasteiger partial charge in [0.25, 0.3) is 0 Å². The van der Waals surface area contributed by atoms with Gasteiger partial charge < -0.3 is 5.32 Å². The fraction of sp³-hybridized carbons (Fsp3) is 0.857. The zero-order chi connectivity index (χ0) is 6.01. The molecule has 0 aromatic rings. The van der Waals surface area contributed by atoms with Gasteiger partial charge in [-0.15, -0.1) is 0 Å². The Kier molecular flexibility index (Phi) is 0.491. The van der Waals surface area contributed by atoms with Gasteiger partial charge in [-0.2, -0.15) is 0 Å². The Hall–Kier alpha value is -0.530. The largest absolute Gasteiger partial charge is 0.353 e. The molecule has 0 radical (unpaired) electrons. The quantitative estimate of drug-likeness (QED) is 0.487. The van der Waals surface area contributed by atoms with Crippen LogP contribution in [0.4, 0.5) is 0 Å². The molecule has 2 heteroatoms. The average molecular weight is 123 g/mol. The molecule has 4 bridgehead atoms. The van der Waals surface area contributed by atoms with Crippen LogP contribution in [0.2, 0.25) is 0 Å². The van der Waals surface area contributed by atoms with E-state index >= 15 is 0 Å². The molecular formula is C7H9NO. The van der Waals surface area contributed by atoms with Gasteiger partial charge in [-0.05, 0) is 24.7 Å². The predicted molar refractivity (Wildman–Crippen MR) is 31.6 cm³/mol. The number of nitrogens with one attached hydrogen (secondary N) is 1. The topological polar surface area (TPSA) is 29.1 Å². The summed E-state index contributed by atoms with van der Waals surface area (Å²) in [5, 5.41) is 3.00. The van der Waals surface area contributed by atoms with Crippen LogP contribution in [0.5, 0.6) is 0 Å². The van der Waals surface area contributed by atoms with Crippen molar-refractivity contribution in [1.29, 1.82) is 0 Å². The van der Waals surface area contributed by atoms with Crippen LogP contribution in [-0.2, 0) is 4.79 Å². The molecule has 2 saturated carbocycles. The first kappa shape index (κ1) is 4.31. The first-order chi connectivity index (χ1) is 4.36. The second-order valence-corrected chi connectivity index (χ2v) is 3.53. The van der Waals surface area contributed by atoms with Crippen LogP contribution in [0.1, 0.15) is 12.8 Å². The molecular weight excluding hydrogens is 114 g/mol. The molecule has 4 fully saturated rings. The first-order valence-corrected chi connectivity index (χ1v) is 3.66. The summed E-state index contributed by atoms with van der Waals surface area (Å²) in [5.74, 6) is 2.41. The fourth-order valence-corrected chi connectivity index (χ4v) is 2.65. The maximum Gasteiger partial charge on any atom is 0.223 e. The first-order valence-electron chi connectivity index (χ1n) is 3.66. The summed E-state index contributed by atoms with van der Waals surface area (Å²) in [7, 11) is 0. The van der Waals surface area contributed by atoms with Crippen LogP contribution in [0.25, 0.3) is 0 Å². The molecule has 2 atom stereocenters. The maximum absolute atomic E-state index is 11.0. The number of rotatable bonds is 0. The average Bonchev–Trinajstić information content (AvgIpc) is 2.37. The molecule has 0 aromatic carbocycles. The van der Waals surface area contributed by atoms with Crippen molar-refractivity contribution in [3.63, 3.8) is 0 Å². The van der Waals surface area contributed by atoms with E-state index in [0.717, 1.165) is 11.8 Å². The third kappa shape index (κ3) is 0.345. The Morgan fingerprint density at radius 2 is 2.00 bits per heavy atom. The highest BCUT2D eigenvalue weighted by molar-refractivity contribution is 5.84. The van der Waals surface area contributed by atoms with E-state index in [-0.39, 0.29) is 0 Å². The molecule has 1 amide bonds. The van der Waals surface area contributed by atoms with E-state index in [9.17, 15) is 4.79 Å². The smallest absolute Gasteiger partial charge is 0.223 e. The second-order valence-electron chi connectivity index (χ2n) is 3.53. The normalized spacial score (nSPS) is 59.3. The highest BCUT2D eigenvalue weighted by Crippen LogP contribution is 2.60.